The van der Waals surface area contributed by atoms with Crippen LogP contribution in [0.2, 0.25) is 0 Å². The van der Waals surface area contributed by atoms with Gasteiger partial charge in [-0.05, 0) is 19.1 Å². The monoisotopic (exact) mass is 535 g/mol. The molecule has 0 aliphatic heterocycles. The van der Waals surface area contributed by atoms with Crippen LogP contribution in [0.5, 0.6) is 0 Å². The van der Waals surface area contributed by atoms with E-state index < -0.39 is 36.6 Å². The largest absolute Gasteiger partial charge is 0.467 e. The van der Waals surface area contributed by atoms with Crippen LogP contribution in [0.4, 0.5) is 0 Å². The van der Waals surface area contributed by atoms with E-state index in [9.17, 15) is 23.7 Å². The number of carbonyl (C=O) groups is 2. The number of hydrogen-bond acceptors (Lipinski definition) is 11. The number of hydrogen-bond donors (Lipinski definition) is 0. The van der Waals surface area contributed by atoms with Crippen LogP contribution in [0.15, 0.2) is 52.3 Å². The van der Waals surface area contributed by atoms with Crippen LogP contribution in [0.1, 0.15) is 21.6 Å². The highest BCUT2D eigenvalue weighted by atomic mass is 31.2. The minimum Gasteiger partial charge on any atom is -0.467 e. The number of nitrogens with zero attached hydrogens (tertiary/aromatic N) is 5. The summed E-state index contributed by atoms with van der Waals surface area (Å²) in [5.41, 5.74) is -0.790. The van der Waals surface area contributed by atoms with Crippen LogP contribution in [0.25, 0.3) is 0 Å². The molecule has 0 amide bonds. The van der Waals surface area contributed by atoms with Crippen molar-refractivity contribution in [3.8, 4) is 0 Å². The summed E-state index contributed by atoms with van der Waals surface area (Å²) in [7, 11) is -0.565. The number of rotatable bonds is 11. The first-order valence-electron chi connectivity index (χ1n) is 10.9. The highest BCUT2D eigenvalue weighted by molar-refractivity contribution is 7.55. The molecule has 1 atom stereocenters. The number of aromatic nitrogens is 5. The number of ether oxygens (including phenoxy) is 2. The molecule has 0 bridgehead atoms. The zero-order valence-corrected chi connectivity index (χ0v) is 21.5. The van der Waals surface area contributed by atoms with E-state index in [1.807, 2.05) is 0 Å². The van der Waals surface area contributed by atoms with E-state index in [1.165, 1.54) is 40.7 Å². The molecule has 15 heteroatoms. The third-order valence-electron chi connectivity index (χ3n) is 5.26. The Kier molecular flexibility index (Phi) is 9.05. The van der Waals surface area contributed by atoms with Gasteiger partial charge in [0.25, 0.3) is 17.3 Å². The van der Waals surface area contributed by atoms with Gasteiger partial charge in [-0.1, -0.05) is 23.4 Å². The Balaban J connectivity index is 1.76. The molecule has 0 aliphatic rings. The fourth-order valence-corrected chi connectivity index (χ4v) is 4.53. The van der Waals surface area contributed by atoms with Gasteiger partial charge in [0.05, 0.1) is 33.0 Å². The number of methoxy groups -OCH3 is 1. The Morgan fingerprint density at radius 2 is 1.73 bits per heavy atom. The molecule has 1 aromatic carbocycles. The zero-order chi connectivity index (χ0) is 27.2. The summed E-state index contributed by atoms with van der Waals surface area (Å²) in [6.45, 7) is 1.39. The lowest BCUT2D eigenvalue weighted by Gasteiger charge is -2.22. The van der Waals surface area contributed by atoms with Crippen LogP contribution in [0.3, 0.4) is 0 Å². The predicted octanol–water partition coefficient (Wildman–Crippen LogP) is 0.648. The quantitative estimate of drug-likeness (QED) is 0.250. The van der Waals surface area contributed by atoms with Crippen LogP contribution < -0.4 is 11.2 Å². The van der Waals surface area contributed by atoms with Crippen molar-refractivity contribution in [1.82, 2.24) is 24.1 Å². The highest BCUT2D eigenvalue weighted by Crippen LogP contribution is 2.52. The molecule has 0 saturated heterocycles. The summed E-state index contributed by atoms with van der Waals surface area (Å²) in [5.74, 6) is -3.26. The molecule has 0 aliphatic carbocycles. The summed E-state index contributed by atoms with van der Waals surface area (Å²) in [5, 5.41) is 7.94. The standard InChI is InChI=1S/C22H26N5O9P/c1-15-12-25(22(31)27(18(15)28)19(29)16-8-6-5-7-9-16)13-17-14-26(24-23-17)10-11-36-21(20(30)33-2)37(32,34-3)35-4/h5-9,12,14,21H,10-11,13H2,1-4H3. The molecular weight excluding hydrogens is 509 g/mol. The lowest BCUT2D eigenvalue weighted by molar-refractivity contribution is -0.149. The number of aryl methyl sites for hydroxylation is 1. The topological polar surface area (TPSA) is 163 Å². The van der Waals surface area contributed by atoms with Crippen molar-refractivity contribution in [1.29, 1.82) is 0 Å². The average Bonchev–Trinajstić information content (AvgIpc) is 3.36. The van der Waals surface area contributed by atoms with Crippen molar-refractivity contribution in [3.63, 3.8) is 0 Å². The van der Waals surface area contributed by atoms with E-state index in [-0.39, 0.29) is 30.8 Å². The number of benzene rings is 1. The Morgan fingerprint density at radius 3 is 2.35 bits per heavy atom. The first-order chi connectivity index (χ1) is 17.6. The summed E-state index contributed by atoms with van der Waals surface area (Å²) in [4.78, 5) is 50.4. The molecule has 1 unspecified atom stereocenters. The molecule has 198 valence electrons. The van der Waals surface area contributed by atoms with Gasteiger partial charge in [-0.15, -0.1) is 5.10 Å². The molecule has 14 nitrogen and oxygen atoms in total. The van der Waals surface area contributed by atoms with Crippen molar-refractivity contribution in [2.45, 2.75) is 25.9 Å². The average molecular weight is 535 g/mol. The SMILES string of the molecule is COC(=O)C(OCCn1cc(Cn2cc(C)c(=O)n(C(=O)c3ccccc3)c2=O)nn1)P(=O)(OC)OC. The van der Waals surface area contributed by atoms with E-state index in [1.54, 1.807) is 18.2 Å². The minimum atomic E-state index is -3.91. The van der Waals surface area contributed by atoms with Gasteiger partial charge < -0.3 is 18.5 Å². The van der Waals surface area contributed by atoms with Gasteiger partial charge in [0.2, 0.25) is 0 Å². The minimum absolute atomic E-state index is 0.0732. The maximum absolute atomic E-state index is 13.0. The second-order valence-corrected chi connectivity index (χ2v) is 9.94. The third kappa shape index (κ3) is 6.17. The summed E-state index contributed by atoms with van der Waals surface area (Å²) < 4.78 is 35.4. The maximum atomic E-state index is 13.0. The molecule has 0 radical (unpaired) electrons. The van der Waals surface area contributed by atoms with E-state index in [2.05, 4.69) is 15.0 Å². The van der Waals surface area contributed by atoms with Crippen molar-refractivity contribution < 1.29 is 32.7 Å². The Bertz CT molecular complexity index is 1420. The van der Waals surface area contributed by atoms with E-state index in [0.29, 0.717) is 10.3 Å². The Labute approximate surface area is 210 Å². The van der Waals surface area contributed by atoms with E-state index in [4.69, 9.17) is 13.8 Å². The Morgan fingerprint density at radius 1 is 1.05 bits per heavy atom. The van der Waals surface area contributed by atoms with Gasteiger partial charge in [0, 0.05) is 31.5 Å². The first kappa shape index (κ1) is 27.9. The van der Waals surface area contributed by atoms with Crippen molar-refractivity contribution in [3.05, 3.63) is 80.4 Å². The van der Waals surface area contributed by atoms with Gasteiger partial charge in [0.15, 0.2) is 0 Å². The first-order valence-corrected chi connectivity index (χ1v) is 12.5. The molecule has 3 rings (SSSR count). The summed E-state index contributed by atoms with van der Waals surface area (Å²) in [6, 6.07) is 8.00. The molecule has 0 fully saturated rings. The smallest absolute Gasteiger partial charge is 0.370 e. The van der Waals surface area contributed by atoms with Gasteiger partial charge in [-0.3, -0.25) is 18.7 Å². The lowest BCUT2D eigenvalue weighted by atomic mass is 10.2. The van der Waals surface area contributed by atoms with Gasteiger partial charge in [-0.2, -0.15) is 4.57 Å². The fraction of sp³-hybridized carbons (Fsp3) is 0.364. The van der Waals surface area contributed by atoms with Gasteiger partial charge >= 0.3 is 19.3 Å². The Hall–Kier alpha value is -3.71. The second kappa shape index (κ2) is 12.0. The van der Waals surface area contributed by atoms with Crippen molar-refractivity contribution in [2.75, 3.05) is 27.9 Å². The van der Waals surface area contributed by atoms with E-state index in [0.717, 1.165) is 21.3 Å². The third-order valence-corrected chi connectivity index (χ3v) is 7.22. The molecule has 37 heavy (non-hydrogen) atoms. The number of carbonyl (C=O) groups excluding carboxylic acids is 2. The van der Waals surface area contributed by atoms with Crippen molar-refractivity contribution >= 4 is 19.5 Å². The molecule has 2 heterocycles. The van der Waals surface area contributed by atoms with Gasteiger partial charge in [0.1, 0.15) is 5.69 Å². The normalized spacial score (nSPS) is 12.3. The molecule has 0 saturated carbocycles. The summed E-state index contributed by atoms with van der Waals surface area (Å²) in [6.07, 6.45) is 2.86. The van der Waals surface area contributed by atoms with E-state index >= 15 is 0 Å². The van der Waals surface area contributed by atoms with Crippen LogP contribution in [0, 0.1) is 6.92 Å². The van der Waals surface area contributed by atoms with Crippen LogP contribution in [-0.4, -0.2) is 69.8 Å². The maximum Gasteiger partial charge on any atom is 0.370 e. The fourth-order valence-electron chi connectivity index (χ4n) is 3.35. The number of esters is 1. The summed E-state index contributed by atoms with van der Waals surface area (Å²) >= 11 is 0. The van der Waals surface area contributed by atoms with Gasteiger partial charge in [-0.25, -0.2) is 14.3 Å². The molecule has 0 N–H and O–H groups in total. The zero-order valence-electron chi connectivity index (χ0n) is 20.6. The van der Waals surface area contributed by atoms with Crippen LogP contribution >= 0.6 is 7.60 Å². The van der Waals surface area contributed by atoms with Crippen LogP contribution in [-0.2, 0) is 41.0 Å². The second-order valence-electron chi connectivity index (χ2n) is 7.66. The van der Waals surface area contributed by atoms with Crippen molar-refractivity contribution in [2.24, 2.45) is 0 Å². The highest BCUT2D eigenvalue weighted by Gasteiger charge is 2.42. The predicted molar refractivity (Wildman–Crippen MR) is 128 cm³/mol. The molecule has 0 spiro atoms. The molecular formula is C22H26N5O9P. The molecule has 2 aromatic heterocycles. The lowest BCUT2D eigenvalue weighted by Crippen LogP contribution is -2.44. The molecule has 3 aromatic rings.